The Morgan fingerprint density at radius 2 is 2.04 bits per heavy atom. The summed E-state index contributed by atoms with van der Waals surface area (Å²) in [5.41, 5.74) is 1.09. The second kappa shape index (κ2) is 5.83. The zero-order valence-corrected chi connectivity index (χ0v) is 13.7. The second-order valence-corrected chi connectivity index (χ2v) is 7.02. The number of benzene rings is 1. The summed E-state index contributed by atoms with van der Waals surface area (Å²) in [5.74, 6) is 0.917. The van der Waals surface area contributed by atoms with Crippen LogP contribution in [0.3, 0.4) is 0 Å². The third-order valence-corrected chi connectivity index (χ3v) is 4.89. The van der Waals surface area contributed by atoms with Gasteiger partial charge in [0.2, 0.25) is 5.89 Å². The van der Waals surface area contributed by atoms with Gasteiger partial charge >= 0.3 is 0 Å². The summed E-state index contributed by atoms with van der Waals surface area (Å²) in [6.07, 6.45) is 2.20. The van der Waals surface area contributed by atoms with E-state index >= 15 is 0 Å². The van der Waals surface area contributed by atoms with Crippen LogP contribution >= 0.6 is 11.3 Å². The Labute approximate surface area is 141 Å². The van der Waals surface area contributed by atoms with Crippen molar-refractivity contribution in [1.82, 2.24) is 10.2 Å². The molecule has 1 fully saturated rings. The third-order valence-electron chi connectivity index (χ3n) is 3.85. The summed E-state index contributed by atoms with van der Waals surface area (Å²) >= 11 is 1.48. The first kappa shape index (κ1) is 15.0. The van der Waals surface area contributed by atoms with Crippen LogP contribution in [0.2, 0.25) is 0 Å². The average Bonchev–Trinajstić information content (AvgIpc) is 3.19. The Kier molecular flexibility index (Phi) is 3.65. The summed E-state index contributed by atoms with van der Waals surface area (Å²) in [4.78, 5) is 14.0. The Morgan fingerprint density at radius 3 is 2.75 bits per heavy atom. The zero-order valence-electron chi connectivity index (χ0n) is 12.9. The average molecular weight is 343 g/mol. The summed E-state index contributed by atoms with van der Waals surface area (Å²) in [6.45, 7) is 1.91. The number of hydrogen-bond donors (Lipinski definition) is 1. The summed E-state index contributed by atoms with van der Waals surface area (Å²) in [5, 5.41) is 11.0. The Hall–Kier alpha value is -2.54. The van der Waals surface area contributed by atoms with Gasteiger partial charge in [-0.25, -0.2) is 4.39 Å². The molecule has 1 saturated carbocycles. The molecule has 1 aliphatic carbocycles. The first-order valence-corrected chi connectivity index (χ1v) is 8.43. The van der Waals surface area contributed by atoms with Crippen LogP contribution in [0.1, 0.15) is 39.9 Å². The van der Waals surface area contributed by atoms with Crippen molar-refractivity contribution >= 4 is 22.9 Å². The zero-order chi connectivity index (χ0) is 16.7. The van der Waals surface area contributed by atoms with Gasteiger partial charge in [-0.2, -0.15) is 0 Å². The highest BCUT2D eigenvalue weighted by atomic mass is 32.1. The van der Waals surface area contributed by atoms with Crippen LogP contribution in [-0.4, -0.2) is 16.1 Å². The smallest absolute Gasteiger partial charge is 0.257 e. The lowest BCUT2D eigenvalue weighted by atomic mass is 10.2. The molecule has 5 nitrogen and oxygen atoms in total. The monoisotopic (exact) mass is 343 g/mol. The maximum atomic E-state index is 12.9. The maximum absolute atomic E-state index is 12.9. The van der Waals surface area contributed by atoms with E-state index in [-0.39, 0.29) is 11.7 Å². The normalized spacial score (nSPS) is 13.9. The lowest BCUT2D eigenvalue weighted by Crippen LogP contribution is -2.11. The minimum Gasteiger partial charge on any atom is -0.420 e. The molecule has 1 aromatic carbocycles. The largest absolute Gasteiger partial charge is 0.420 e. The van der Waals surface area contributed by atoms with E-state index in [0.717, 1.165) is 22.6 Å². The Morgan fingerprint density at radius 1 is 1.29 bits per heavy atom. The number of halogens is 1. The number of nitrogens with zero attached hydrogens (tertiary/aromatic N) is 2. The van der Waals surface area contributed by atoms with E-state index in [0.29, 0.717) is 29.0 Å². The molecule has 0 unspecified atom stereocenters. The van der Waals surface area contributed by atoms with Gasteiger partial charge in [0.15, 0.2) is 0 Å². The first-order valence-electron chi connectivity index (χ1n) is 7.61. The van der Waals surface area contributed by atoms with Gasteiger partial charge in [0.05, 0.1) is 10.6 Å². The SMILES string of the molecule is Cc1sc(-c2nnc(C3CC3)o2)cc1NC(=O)c1ccc(F)cc1. The molecule has 0 aliphatic heterocycles. The Bertz CT molecular complexity index is 897. The summed E-state index contributed by atoms with van der Waals surface area (Å²) < 4.78 is 18.6. The highest BCUT2D eigenvalue weighted by molar-refractivity contribution is 7.15. The van der Waals surface area contributed by atoms with Gasteiger partial charge in [-0.3, -0.25) is 4.79 Å². The van der Waals surface area contributed by atoms with Crippen molar-refractivity contribution in [3.05, 3.63) is 52.5 Å². The van der Waals surface area contributed by atoms with Crippen LogP contribution in [0, 0.1) is 12.7 Å². The molecule has 2 aromatic heterocycles. The molecule has 1 aliphatic rings. The highest BCUT2D eigenvalue weighted by Crippen LogP contribution is 2.41. The Balaban J connectivity index is 1.54. The number of anilines is 1. The quantitative estimate of drug-likeness (QED) is 0.763. The van der Waals surface area contributed by atoms with E-state index in [9.17, 15) is 9.18 Å². The molecule has 4 rings (SSSR count). The van der Waals surface area contributed by atoms with Gasteiger partial charge in [-0.1, -0.05) is 0 Å². The van der Waals surface area contributed by atoms with E-state index in [4.69, 9.17) is 4.42 Å². The van der Waals surface area contributed by atoms with Crippen LogP contribution in [0.15, 0.2) is 34.7 Å². The van der Waals surface area contributed by atoms with Crippen LogP contribution in [-0.2, 0) is 0 Å². The number of amides is 1. The second-order valence-electron chi connectivity index (χ2n) is 5.76. The van der Waals surface area contributed by atoms with E-state index in [2.05, 4.69) is 15.5 Å². The molecular weight excluding hydrogens is 329 g/mol. The number of thiophene rings is 1. The molecule has 122 valence electrons. The first-order chi connectivity index (χ1) is 11.6. The lowest BCUT2D eigenvalue weighted by molar-refractivity contribution is 0.102. The van der Waals surface area contributed by atoms with Crippen molar-refractivity contribution in [2.75, 3.05) is 5.32 Å². The van der Waals surface area contributed by atoms with Crippen LogP contribution in [0.5, 0.6) is 0 Å². The van der Waals surface area contributed by atoms with E-state index in [1.807, 2.05) is 13.0 Å². The molecule has 0 bridgehead atoms. The fraction of sp³-hybridized carbons (Fsp3) is 0.235. The predicted molar refractivity (Wildman–Crippen MR) is 88.7 cm³/mol. The van der Waals surface area contributed by atoms with Crippen LogP contribution in [0.25, 0.3) is 10.8 Å². The number of carbonyl (C=O) groups is 1. The van der Waals surface area contributed by atoms with E-state index in [1.54, 1.807) is 0 Å². The molecular formula is C17H14FN3O2S. The molecule has 3 aromatic rings. The van der Waals surface area contributed by atoms with E-state index < -0.39 is 0 Å². The van der Waals surface area contributed by atoms with Gasteiger partial charge in [-0.05, 0) is 50.1 Å². The van der Waals surface area contributed by atoms with Crippen molar-refractivity contribution in [3.63, 3.8) is 0 Å². The van der Waals surface area contributed by atoms with Gasteiger partial charge in [-0.15, -0.1) is 21.5 Å². The van der Waals surface area contributed by atoms with Crippen molar-refractivity contribution in [1.29, 1.82) is 0 Å². The number of aryl methyl sites for hydroxylation is 1. The number of hydrogen-bond acceptors (Lipinski definition) is 5. The van der Waals surface area contributed by atoms with Gasteiger partial charge < -0.3 is 9.73 Å². The van der Waals surface area contributed by atoms with Crippen molar-refractivity contribution in [2.45, 2.75) is 25.7 Å². The maximum Gasteiger partial charge on any atom is 0.257 e. The summed E-state index contributed by atoms with van der Waals surface area (Å²) in [6, 6.07) is 7.25. The van der Waals surface area contributed by atoms with Gasteiger partial charge in [0, 0.05) is 16.4 Å². The molecule has 0 radical (unpaired) electrons. The van der Waals surface area contributed by atoms with Crippen LogP contribution in [0.4, 0.5) is 10.1 Å². The van der Waals surface area contributed by atoms with Gasteiger partial charge in [0.1, 0.15) is 5.82 Å². The molecule has 0 atom stereocenters. The molecule has 2 heterocycles. The molecule has 1 amide bonds. The molecule has 24 heavy (non-hydrogen) atoms. The highest BCUT2D eigenvalue weighted by Gasteiger charge is 2.29. The molecule has 0 spiro atoms. The summed E-state index contributed by atoms with van der Waals surface area (Å²) in [7, 11) is 0. The molecule has 0 saturated heterocycles. The van der Waals surface area contributed by atoms with E-state index in [1.165, 1.54) is 35.6 Å². The number of nitrogens with one attached hydrogen (secondary N) is 1. The van der Waals surface area contributed by atoms with Gasteiger partial charge in [0.25, 0.3) is 11.8 Å². The van der Waals surface area contributed by atoms with Crippen molar-refractivity contribution < 1.29 is 13.6 Å². The number of aromatic nitrogens is 2. The topological polar surface area (TPSA) is 68.0 Å². The number of rotatable bonds is 4. The fourth-order valence-corrected chi connectivity index (χ4v) is 3.23. The fourth-order valence-electron chi connectivity index (χ4n) is 2.34. The minimum absolute atomic E-state index is 0.286. The molecule has 1 N–H and O–H groups in total. The molecule has 7 heteroatoms. The van der Waals surface area contributed by atoms with Crippen molar-refractivity contribution in [3.8, 4) is 10.8 Å². The van der Waals surface area contributed by atoms with Crippen molar-refractivity contribution in [2.24, 2.45) is 0 Å². The standard InChI is InChI=1S/C17H14FN3O2S/c1-9-13(19-15(22)10-4-6-12(18)7-5-10)8-14(24-9)17-21-20-16(23-17)11-2-3-11/h4-8,11H,2-3H2,1H3,(H,19,22). The minimum atomic E-state index is -0.372. The number of carbonyl (C=O) groups excluding carboxylic acids is 1. The third kappa shape index (κ3) is 2.94. The lowest BCUT2D eigenvalue weighted by Gasteiger charge is -2.04. The predicted octanol–water partition coefficient (Wildman–Crippen LogP) is 4.38. The van der Waals surface area contributed by atoms with Crippen LogP contribution < -0.4 is 5.32 Å².